The number of rotatable bonds is 2. The van der Waals surface area contributed by atoms with Crippen LogP contribution in [0.15, 0.2) is 48.9 Å². The Labute approximate surface area is 146 Å². The van der Waals surface area contributed by atoms with E-state index in [2.05, 4.69) is 48.2 Å². The van der Waals surface area contributed by atoms with Gasteiger partial charge in [-0.1, -0.05) is 23.8 Å². The van der Waals surface area contributed by atoms with E-state index in [1.807, 2.05) is 36.1 Å². The van der Waals surface area contributed by atoms with Crippen LogP contribution in [0.4, 0.5) is 0 Å². The predicted octanol–water partition coefficient (Wildman–Crippen LogP) is 0.831. The average Bonchev–Trinajstić information content (AvgIpc) is 2.74. The van der Waals surface area contributed by atoms with Gasteiger partial charge in [0.2, 0.25) is 0 Å². The zero-order valence-corrected chi connectivity index (χ0v) is 14.8. The van der Waals surface area contributed by atoms with Crippen molar-refractivity contribution in [2.45, 2.75) is 0 Å². The fourth-order valence-corrected chi connectivity index (χ4v) is 2.51. The second-order valence-electron chi connectivity index (χ2n) is 4.99. The molecule has 0 unspecified atom stereocenters. The van der Waals surface area contributed by atoms with Crippen LogP contribution in [0.25, 0.3) is 23.1 Å². The van der Waals surface area contributed by atoms with Gasteiger partial charge in [-0.25, -0.2) is 4.57 Å². The van der Waals surface area contributed by atoms with Gasteiger partial charge in [0.15, 0.2) is 12.4 Å². The number of pyridine rings is 1. The van der Waals surface area contributed by atoms with Crippen molar-refractivity contribution in [2.24, 2.45) is 14.1 Å². The van der Waals surface area contributed by atoms with E-state index in [-0.39, 0.29) is 24.0 Å². The van der Waals surface area contributed by atoms with Gasteiger partial charge in [-0.15, -0.1) is 0 Å². The summed E-state index contributed by atoms with van der Waals surface area (Å²) < 4.78 is 4.14. The monoisotopic (exact) mass is 410 g/mol. The van der Waals surface area contributed by atoms with Gasteiger partial charge in [0.1, 0.15) is 7.05 Å². The lowest BCUT2D eigenvalue weighted by atomic mass is 10.1. The molecule has 0 N–H and O–H groups in total. The van der Waals surface area contributed by atoms with Crippen molar-refractivity contribution < 1.29 is 28.5 Å². The summed E-state index contributed by atoms with van der Waals surface area (Å²) in [4.78, 5) is 0. The summed E-state index contributed by atoms with van der Waals surface area (Å²) in [6.45, 7) is 0. The molecule has 0 aliphatic rings. The third-order valence-corrected chi connectivity index (χ3v) is 3.68. The molecule has 0 amide bonds. The first-order chi connectivity index (χ1) is 9.63. The second-order valence-corrected chi connectivity index (χ2v) is 5.42. The average molecular weight is 411 g/mol. The molecule has 0 saturated carbocycles. The molecule has 0 spiro atoms. The molecule has 0 fully saturated rings. The highest BCUT2D eigenvalue weighted by Gasteiger charge is 2.04. The predicted molar refractivity (Wildman–Crippen MR) is 84.5 cm³/mol. The summed E-state index contributed by atoms with van der Waals surface area (Å²) in [6.07, 6.45) is 10.5. The van der Waals surface area contributed by atoms with Crippen LogP contribution in [0, 0.1) is 0 Å². The van der Waals surface area contributed by atoms with Gasteiger partial charge in [0, 0.05) is 46.9 Å². The molecule has 2 nitrogen and oxygen atoms in total. The maximum Gasteiger partial charge on any atom is 0.169 e. The van der Waals surface area contributed by atoms with Gasteiger partial charge < -0.3 is 28.5 Å². The highest BCUT2D eigenvalue weighted by atomic mass is 127. The Hall–Kier alpha value is -1.33. The molecule has 0 aliphatic carbocycles. The number of benzene rings is 1. The van der Waals surface area contributed by atoms with Crippen molar-refractivity contribution in [1.82, 2.24) is 4.57 Å². The van der Waals surface area contributed by atoms with Crippen molar-refractivity contribution in [3.63, 3.8) is 0 Å². The van der Waals surface area contributed by atoms with Gasteiger partial charge >= 0.3 is 0 Å². The number of aryl methyl sites for hydroxylation is 2. The van der Waals surface area contributed by atoms with E-state index < -0.39 is 0 Å². The Morgan fingerprint density at radius 1 is 1.10 bits per heavy atom. The zero-order chi connectivity index (χ0) is 14.1. The maximum atomic E-state index is 6.10. The lowest BCUT2D eigenvalue weighted by Gasteiger charge is -1.96. The highest BCUT2D eigenvalue weighted by molar-refractivity contribution is 6.31. The Morgan fingerprint density at radius 2 is 1.81 bits per heavy atom. The fraction of sp³-hybridized carbons (Fsp3) is 0.118. The minimum atomic E-state index is 0. The van der Waals surface area contributed by atoms with E-state index in [9.17, 15) is 0 Å². The Kier molecular flexibility index (Phi) is 5.06. The number of hydrogen-bond acceptors (Lipinski definition) is 0. The lowest BCUT2D eigenvalue weighted by Crippen LogP contribution is -3.00. The summed E-state index contributed by atoms with van der Waals surface area (Å²) in [5, 5.41) is 1.95. The first-order valence-corrected chi connectivity index (χ1v) is 6.89. The van der Waals surface area contributed by atoms with Gasteiger partial charge in [-0.05, 0) is 23.8 Å². The molecule has 0 radical (unpaired) electrons. The fourth-order valence-electron chi connectivity index (χ4n) is 2.34. The van der Waals surface area contributed by atoms with Gasteiger partial charge in [0.25, 0.3) is 0 Å². The van der Waals surface area contributed by atoms with Crippen LogP contribution >= 0.6 is 11.6 Å². The Bertz CT molecular complexity index is 788. The van der Waals surface area contributed by atoms with Crippen molar-refractivity contribution >= 4 is 34.7 Å². The van der Waals surface area contributed by atoms with Crippen LogP contribution in [0.5, 0.6) is 0 Å². The topological polar surface area (TPSA) is 8.81 Å². The van der Waals surface area contributed by atoms with E-state index in [4.69, 9.17) is 11.6 Å². The first kappa shape index (κ1) is 16.0. The van der Waals surface area contributed by atoms with Crippen molar-refractivity contribution in [2.75, 3.05) is 0 Å². The normalized spacial score (nSPS) is 11.0. The molecule has 2 heterocycles. The van der Waals surface area contributed by atoms with Crippen LogP contribution in [0.2, 0.25) is 5.02 Å². The summed E-state index contributed by atoms with van der Waals surface area (Å²) >= 11 is 6.10. The maximum absolute atomic E-state index is 6.10. The molecule has 4 heteroatoms. The number of halogens is 2. The standard InChI is InChI=1S/C17H16ClN2.HI/c1-19-9-7-13(8-10-19)3-4-14-12-20(2)17-6-5-15(18)11-16(14)17;/h3-12H,1-2H3;1H/q+1;/p-1. The highest BCUT2D eigenvalue weighted by Crippen LogP contribution is 2.25. The molecular formula is C17H16ClIN2. The van der Waals surface area contributed by atoms with Crippen molar-refractivity contribution in [3.8, 4) is 0 Å². The van der Waals surface area contributed by atoms with E-state index >= 15 is 0 Å². The van der Waals surface area contributed by atoms with Crippen LogP contribution in [0.1, 0.15) is 11.1 Å². The molecule has 21 heavy (non-hydrogen) atoms. The van der Waals surface area contributed by atoms with E-state index in [1.165, 1.54) is 22.0 Å². The van der Waals surface area contributed by atoms with Crippen LogP contribution < -0.4 is 28.5 Å². The molecule has 0 atom stereocenters. The molecular weight excluding hydrogens is 395 g/mol. The number of hydrogen-bond donors (Lipinski definition) is 0. The number of nitrogens with zero attached hydrogens (tertiary/aromatic N) is 2. The Morgan fingerprint density at radius 3 is 2.52 bits per heavy atom. The Balaban J connectivity index is 0.00000161. The SMILES string of the molecule is Cn1cc(/C=C/c2cc[n+](C)cc2)c2cc(Cl)ccc21.[I-]. The molecule has 0 saturated heterocycles. The van der Waals surface area contributed by atoms with Crippen LogP contribution in [-0.2, 0) is 14.1 Å². The molecule has 0 bridgehead atoms. The first-order valence-electron chi connectivity index (χ1n) is 6.51. The van der Waals surface area contributed by atoms with Crippen LogP contribution in [0.3, 0.4) is 0 Å². The molecule has 2 aromatic heterocycles. The zero-order valence-electron chi connectivity index (χ0n) is 11.9. The molecule has 0 aliphatic heterocycles. The van der Waals surface area contributed by atoms with Crippen molar-refractivity contribution in [3.05, 3.63) is 65.1 Å². The summed E-state index contributed by atoms with van der Waals surface area (Å²) in [5.74, 6) is 0. The van der Waals surface area contributed by atoms with Gasteiger partial charge in [0.05, 0.1) is 0 Å². The largest absolute Gasteiger partial charge is 1.00 e. The van der Waals surface area contributed by atoms with E-state index in [0.717, 1.165) is 5.02 Å². The van der Waals surface area contributed by atoms with Gasteiger partial charge in [-0.2, -0.15) is 0 Å². The lowest BCUT2D eigenvalue weighted by molar-refractivity contribution is -0.671. The number of aromatic nitrogens is 2. The second kappa shape index (κ2) is 6.62. The smallest absolute Gasteiger partial charge is 0.169 e. The summed E-state index contributed by atoms with van der Waals surface area (Å²) in [7, 11) is 4.07. The quantitative estimate of drug-likeness (QED) is 0.437. The summed E-state index contributed by atoms with van der Waals surface area (Å²) in [5.41, 5.74) is 3.55. The van der Waals surface area contributed by atoms with Crippen LogP contribution in [-0.4, -0.2) is 4.57 Å². The minimum Gasteiger partial charge on any atom is -1.00 e. The third kappa shape index (κ3) is 3.47. The molecule has 3 rings (SSSR count). The molecule has 3 aromatic rings. The minimum absolute atomic E-state index is 0. The van der Waals surface area contributed by atoms with Crippen molar-refractivity contribution in [1.29, 1.82) is 0 Å². The van der Waals surface area contributed by atoms with Gasteiger partial charge in [-0.3, -0.25) is 0 Å². The molecule has 108 valence electrons. The third-order valence-electron chi connectivity index (χ3n) is 3.44. The summed E-state index contributed by atoms with van der Waals surface area (Å²) in [6, 6.07) is 10.2. The van der Waals surface area contributed by atoms with E-state index in [1.54, 1.807) is 0 Å². The van der Waals surface area contributed by atoms with E-state index in [0.29, 0.717) is 0 Å². The number of fused-ring (bicyclic) bond motifs is 1. The molecule has 1 aromatic carbocycles.